The van der Waals surface area contributed by atoms with Gasteiger partial charge in [0.2, 0.25) is 5.91 Å². The fourth-order valence-electron chi connectivity index (χ4n) is 3.02. The van der Waals surface area contributed by atoms with Crippen LogP contribution in [0.1, 0.15) is 25.8 Å². The lowest BCUT2D eigenvalue weighted by atomic mass is 9.98. The Balaban J connectivity index is 1.94. The van der Waals surface area contributed by atoms with E-state index in [1.165, 1.54) is 5.56 Å². The molecule has 0 unspecified atom stereocenters. The zero-order chi connectivity index (χ0) is 16.4. The molecule has 0 aliphatic carbocycles. The van der Waals surface area contributed by atoms with E-state index in [1.54, 1.807) is 0 Å². The molecule has 0 saturated heterocycles. The SMILES string of the molecule is CC(C)CN1C=C(Cc2ccccc2)C=C2NC(=O)CC(O)=C21. The molecule has 1 amide bonds. The maximum atomic E-state index is 11.7. The van der Waals surface area contributed by atoms with Gasteiger partial charge < -0.3 is 15.3 Å². The fourth-order valence-corrected chi connectivity index (χ4v) is 3.02. The normalized spacial score (nSPS) is 17.7. The lowest BCUT2D eigenvalue weighted by Crippen LogP contribution is -2.38. The van der Waals surface area contributed by atoms with Crippen LogP contribution in [0.2, 0.25) is 0 Å². The van der Waals surface area contributed by atoms with E-state index in [4.69, 9.17) is 0 Å². The summed E-state index contributed by atoms with van der Waals surface area (Å²) in [5.74, 6) is 0.431. The predicted octanol–water partition coefficient (Wildman–Crippen LogP) is 3.26. The highest BCUT2D eigenvalue weighted by Crippen LogP contribution is 2.30. The molecule has 4 nitrogen and oxygen atoms in total. The summed E-state index contributed by atoms with van der Waals surface area (Å²) in [6.45, 7) is 5.08. The van der Waals surface area contributed by atoms with Gasteiger partial charge in [0.05, 0.1) is 12.1 Å². The van der Waals surface area contributed by atoms with Crippen molar-refractivity contribution >= 4 is 5.91 Å². The van der Waals surface area contributed by atoms with Crippen LogP contribution in [-0.2, 0) is 11.2 Å². The van der Waals surface area contributed by atoms with Crippen molar-refractivity contribution in [3.8, 4) is 0 Å². The summed E-state index contributed by atoms with van der Waals surface area (Å²) in [6.07, 6.45) is 4.89. The van der Waals surface area contributed by atoms with Gasteiger partial charge in [-0.25, -0.2) is 0 Å². The van der Waals surface area contributed by atoms with Crippen LogP contribution in [0.4, 0.5) is 0 Å². The summed E-state index contributed by atoms with van der Waals surface area (Å²) in [6, 6.07) is 10.2. The molecule has 0 fully saturated rings. The predicted molar refractivity (Wildman–Crippen MR) is 90.3 cm³/mol. The number of aliphatic hydroxyl groups excluding tert-OH is 1. The Morgan fingerprint density at radius 2 is 2.00 bits per heavy atom. The van der Waals surface area contributed by atoms with Gasteiger partial charge in [0.1, 0.15) is 11.5 Å². The second-order valence-corrected chi connectivity index (χ2v) is 6.49. The average molecular weight is 310 g/mol. The number of hydrogen-bond donors (Lipinski definition) is 2. The topological polar surface area (TPSA) is 52.6 Å². The molecule has 2 aliphatic heterocycles. The van der Waals surface area contributed by atoms with Crippen LogP contribution < -0.4 is 5.32 Å². The molecule has 4 heteroatoms. The number of amides is 1. The number of carbonyl (C=O) groups excluding carboxylic acids is 1. The van der Waals surface area contributed by atoms with Gasteiger partial charge in [-0.1, -0.05) is 44.2 Å². The van der Waals surface area contributed by atoms with Crippen molar-refractivity contribution in [1.82, 2.24) is 10.2 Å². The van der Waals surface area contributed by atoms with Crippen LogP contribution in [0.5, 0.6) is 0 Å². The van der Waals surface area contributed by atoms with E-state index < -0.39 is 0 Å². The minimum absolute atomic E-state index is 0.0448. The number of rotatable bonds is 4. The van der Waals surface area contributed by atoms with Crippen LogP contribution >= 0.6 is 0 Å². The van der Waals surface area contributed by atoms with E-state index >= 15 is 0 Å². The Labute approximate surface area is 136 Å². The second-order valence-electron chi connectivity index (χ2n) is 6.49. The number of benzene rings is 1. The molecule has 2 aliphatic rings. The largest absolute Gasteiger partial charge is 0.510 e. The van der Waals surface area contributed by atoms with Gasteiger partial charge in [0.25, 0.3) is 0 Å². The maximum absolute atomic E-state index is 11.7. The van der Waals surface area contributed by atoms with Crippen molar-refractivity contribution in [3.63, 3.8) is 0 Å². The molecule has 2 heterocycles. The average Bonchev–Trinajstić information content (AvgIpc) is 2.46. The minimum Gasteiger partial charge on any atom is -0.510 e. The highest BCUT2D eigenvalue weighted by atomic mass is 16.3. The standard InChI is InChI=1S/C19H22N2O2/c1-13(2)11-21-12-15(8-14-6-4-3-5-7-14)9-16-19(21)17(22)10-18(23)20-16/h3-7,9,12-13,22H,8,10-11H2,1-2H3,(H,20,23). The number of aliphatic hydroxyl groups is 1. The zero-order valence-corrected chi connectivity index (χ0v) is 13.5. The lowest BCUT2D eigenvalue weighted by Gasteiger charge is -2.34. The van der Waals surface area contributed by atoms with E-state index in [1.807, 2.05) is 24.3 Å². The number of allylic oxidation sites excluding steroid dienone is 2. The first-order valence-electron chi connectivity index (χ1n) is 7.98. The molecule has 0 atom stereocenters. The monoisotopic (exact) mass is 310 g/mol. The van der Waals surface area contributed by atoms with E-state index in [0.717, 1.165) is 24.2 Å². The number of nitrogens with zero attached hydrogens (tertiary/aromatic N) is 1. The molecule has 3 rings (SSSR count). The smallest absolute Gasteiger partial charge is 0.232 e. The van der Waals surface area contributed by atoms with Crippen LogP contribution in [0.25, 0.3) is 0 Å². The Kier molecular flexibility index (Phi) is 4.24. The summed E-state index contributed by atoms with van der Waals surface area (Å²) >= 11 is 0. The van der Waals surface area contributed by atoms with Crippen molar-refractivity contribution in [1.29, 1.82) is 0 Å². The molecule has 0 bridgehead atoms. The van der Waals surface area contributed by atoms with E-state index in [-0.39, 0.29) is 18.1 Å². The zero-order valence-electron chi connectivity index (χ0n) is 13.5. The third-order valence-electron chi connectivity index (χ3n) is 3.88. The molecular formula is C19H22N2O2. The first-order chi connectivity index (χ1) is 11.0. The molecule has 120 valence electrons. The van der Waals surface area contributed by atoms with E-state index in [9.17, 15) is 9.90 Å². The van der Waals surface area contributed by atoms with Crippen molar-refractivity contribution in [3.05, 3.63) is 70.9 Å². The van der Waals surface area contributed by atoms with Crippen molar-refractivity contribution in [2.75, 3.05) is 6.54 Å². The van der Waals surface area contributed by atoms with Gasteiger partial charge in [0, 0.05) is 12.7 Å². The molecular weight excluding hydrogens is 288 g/mol. The van der Waals surface area contributed by atoms with Crippen LogP contribution in [0.15, 0.2) is 65.3 Å². The summed E-state index contributed by atoms with van der Waals surface area (Å²) in [5.41, 5.74) is 3.77. The molecule has 1 aromatic rings. The fraction of sp³-hybridized carbons (Fsp3) is 0.316. The van der Waals surface area contributed by atoms with Gasteiger partial charge in [0.15, 0.2) is 0 Å². The Hall–Kier alpha value is -2.49. The van der Waals surface area contributed by atoms with Gasteiger partial charge in [-0.2, -0.15) is 0 Å². The minimum atomic E-state index is -0.164. The van der Waals surface area contributed by atoms with Crippen molar-refractivity contribution in [2.45, 2.75) is 26.7 Å². The van der Waals surface area contributed by atoms with Gasteiger partial charge in [-0.05, 0) is 29.6 Å². The van der Waals surface area contributed by atoms with Crippen molar-refractivity contribution < 1.29 is 9.90 Å². The van der Waals surface area contributed by atoms with Gasteiger partial charge >= 0.3 is 0 Å². The number of fused-ring (bicyclic) bond motifs is 1. The van der Waals surface area contributed by atoms with Gasteiger partial charge in [-0.3, -0.25) is 4.79 Å². The van der Waals surface area contributed by atoms with Crippen LogP contribution in [-0.4, -0.2) is 22.5 Å². The second kappa shape index (κ2) is 6.32. The Bertz CT molecular complexity index is 699. The third-order valence-corrected chi connectivity index (χ3v) is 3.88. The van der Waals surface area contributed by atoms with E-state index in [0.29, 0.717) is 11.6 Å². The maximum Gasteiger partial charge on any atom is 0.232 e. The number of carbonyl (C=O) groups is 1. The van der Waals surface area contributed by atoms with Crippen LogP contribution in [0, 0.1) is 5.92 Å². The molecule has 0 saturated carbocycles. The molecule has 0 aromatic heterocycles. The summed E-state index contributed by atoms with van der Waals surface area (Å²) in [4.78, 5) is 13.8. The molecule has 1 aromatic carbocycles. The molecule has 0 radical (unpaired) electrons. The summed E-state index contributed by atoms with van der Waals surface area (Å²) < 4.78 is 0. The highest BCUT2D eigenvalue weighted by Gasteiger charge is 2.29. The Morgan fingerprint density at radius 1 is 1.26 bits per heavy atom. The molecule has 23 heavy (non-hydrogen) atoms. The lowest BCUT2D eigenvalue weighted by molar-refractivity contribution is -0.120. The summed E-state index contributed by atoms with van der Waals surface area (Å²) in [7, 11) is 0. The Morgan fingerprint density at radius 3 is 2.70 bits per heavy atom. The third kappa shape index (κ3) is 3.47. The quantitative estimate of drug-likeness (QED) is 0.897. The first-order valence-corrected chi connectivity index (χ1v) is 7.98. The summed E-state index contributed by atoms with van der Waals surface area (Å²) in [5, 5.41) is 13.1. The number of nitrogens with one attached hydrogen (secondary N) is 1. The highest BCUT2D eigenvalue weighted by molar-refractivity contribution is 5.83. The van der Waals surface area contributed by atoms with Crippen molar-refractivity contribution in [2.24, 2.45) is 5.92 Å². The number of hydrogen-bond acceptors (Lipinski definition) is 3. The van der Waals surface area contributed by atoms with Gasteiger partial charge in [-0.15, -0.1) is 0 Å². The molecule has 0 spiro atoms. The first kappa shape index (κ1) is 15.4. The van der Waals surface area contributed by atoms with Crippen LogP contribution in [0.3, 0.4) is 0 Å². The van der Waals surface area contributed by atoms with E-state index in [2.05, 4.69) is 42.4 Å². The molecule has 2 N–H and O–H groups in total.